The summed E-state index contributed by atoms with van der Waals surface area (Å²) in [4.78, 5) is 4.45. The fraction of sp³-hybridized carbons (Fsp3) is 0.500. The second-order valence-electron chi connectivity index (χ2n) is 6.43. The monoisotopic (exact) mass is 369 g/mol. The number of nitrogens with one attached hydrogen (secondary N) is 1. The van der Waals surface area contributed by atoms with Gasteiger partial charge >= 0.3 is 0 Å². The van der Waals surface area contributed by atoms with Crippen molar-refractivity contribution in [2.24, 2.45) is 0 Å². The molecule has 2 rings (SSSR count). The van der Waals surface area contributed by atoms with Crippen LogP contribution in [-0.2, 0) is 20.2 Å². The first-order valence-corrected chi connectivity index (χ1v) is 9.18. The van der Waals surface area contributed by atoms with Crippen LogP contribution in [0.5, 0.6) is 5.75 Å². The van der Waals surface area contributed by atoms with Crippen molar-refractivity contribution in [2.45, 2.75) is 31.1 Å². The smallest absolute Gasteiger partial charge is 0.240 e. The number of benzene rings is 1. The molecule has 25 heavy (non-hydrogen) atoms. The zero-order valence-electron chi connectivity index (χ0n) is 15.0. The third-order valence-electron chi connectivity index (χ3n) is 3.39. The molecule has 0 spiro atoms. The van der Waals surface area contributed by atoms with Gasteiger partial charge in [0.15, 0.2) is 0 Å². The predicted octanol–water partition coefficient (Wildman–Crippen LogP) is 1.97. The maximum atomic E-state index is 12.4. The van der Waals surface area contributed by atoms with Gasteiger partial charge < -0.3 is 14.0 Å². The van der Waals surface area contributed by atoms with E-state index in [0.29, 0.717) is 17.2 Å². The SMILES string of the molecule is COCCNS(=O)(=O)c1ccc(OC)c(-c2noc(C(C)(C)C)n2)c1. The average molecular weight is 369 g/mol. The highest BCUT2D eigenvalue weighted by Gasteiger charge is 2.24. The molecule has 1 aromatic carbocycles. The summed E-state index contributed by atoms with van der Waals surface area (Å²) in [6, 6.07) is 4.49. The summed E-state index contributed by atoms with van der Waals surface area (Å²) in [6.07, 6.45) is 0. The Morgan fingerprint density at radius 1 is 1.24 bits per heavy atom. The third-order valence-corrected chi connectivity index (χ3v) is 4.85. The van der Waals surface area contributed by atoms with Gasteiger partial charge in [0.25, 0.3) is 0 Å². The molecule has 9 heteroatoms. The predicted molar refractivity (Wildman–Crippen MR) is 92.1 cm³/mol. The van der Waals surface area contributed by atoms with E-state index in [1.54, 1.807) is 6.07 Å². The summed E-state index contributed by atoms with van der Waals surface area (Å²) in [5, 5.41) is 3.96. The molecule has 0 aliphatic rings. The molecule has 138 valence electrons. The van der Waals surface area contributed by atoms with Gasteiger partial charge in [-0.3, -0.25) is 0 Å². The van der Waals surface area contributed by atoms with Crippen molar-refractivity contribution in [3.63, 3.8) is 0 Å². The van der Waals surface area contributed by atoms with Crippen LogP contribution < -0.4 is 9.46 Å². The molecule has 0 saturated heterocycles. The van der Waals surface area contributed by atoms with Crippen LogP contribution >= 0.6 is 0 Å². The van der Waals surface area contributed by atoms with Crippen molar-refractivity contribution >= 4 is 10.0 Å². The number of ether oxygens (including phenoxy) is 2. The maximum Gasteiger partial charge on any atom is 0.240 e. The van der Waals surface area contributed by atoms with Gasteiger partial charge in [-0.2, -0.15) is 4.98 Å². The van der Waals surface area contributed by atoms with Crippen molar-refractivity contribution in [3.8, 4) is 17.1 Å². The number of rotatable bonds is 7. The summed E-state index contributed by atoms with van der Waals surface area (Å²) in [7, 11) is -0.684. The standard InChI is InChI=1S/C16H23N3O5S/c1-16(2,3)15-18-14(19-24-15)12-10-11(6-7-13(12)23-5)25(20,21)17-8-9-22-4/h6-7,10,17H,8-9H2,1-5H3. The molecule has 0 atom stereocenters. The van der Waals surface area contributed by atoms with Gasteiger partial charge in [0.05, 0.1) is 24.2 Å². The number of sulfonamides is 1. The Bertz CT molecular complexity index is 825. The summed E-state index contributed by atoms with van der Waals surface area (Å²) >= 11 is 0. The summed E-state index contributed by atoms with van der Waals surface area (Å²) in [6.45, 7) is 6.30. The highest BCUT2D eigenvalue weighted by Crippen LogP contribution is 2.32. The van der Waals surface area contributed by atoms with E-state index in [0.717, 1.165) is 0 Å². The van der Waals surface area contributed by atoms with E-state index in [4.69, 9.17) is 14.0 Å². The van der Waals surface area contributed by atoms with Gasteiger partial charge in [-0.1, -0.05) is 25.9 Å². The van der Waals surface area contributed by atoms with Crippen LogP contribution in [-0.4, -0.2) is 45.9 Å². The van der Waals surface area contributed by atoms with Crippen LogP contribution in [0.2, 0.25) is 0 Å². The second-order valence-corrected chi connectivity index (χ2v) is 8.19. The van der Waals surface area contributed by atoms with Crippen molar-refractivity contribution in [3.05, 3.63) is 24.1 Å². The van der Waals surface area contributed by atoms with Crippen molar-refractivity contribution in [1.29, 1.82) is 0 Å². The Kier molecular flexibility index (Phi) is 5.81. The molecule has 0 radical (unpaired) electrons. The first kappa shape index (κ1) is 19.4. The lowest BCUT2D eigenvalue weighted by atomic mass is 9.97. The number of hydrogen-bond acceptors (Lipinski definition) is 7. The molecular weight excluding hydrogens is 346 g/mol. The molecular formula is C16H23N3O5S. The Morgan fingerprint density at radius 3 is 2.52 bits per heavy atom. The molecule has 2 aromatic rings. The fourth-order valence-corrected chi connectivity index (χ4v) is 3.07. The minimum atomic E-state index is -3.68. The third kappa shape index (κ3) is 4.56. The van der Waals surface area contributed by atoms with Gasteiger partial charge in [0.1, 0.15) is 5.75 Å². The summed E-state index contributed by atoms with van der Waals surface area (Å²) < 4.78 is 42.7. The first-order chi connectivity index (χ1) is 11.7. The highest BCUT2D eigenvalue weighted by atomic mass is 32.2. The second kappa shape index (κ2) is 7.51. The van der Waals surface area contributed by atoms with Gasteiger partial charge in [0.2, 0.25) is 21.7 Å². The van der Waals surface area contributed by atoms with Crippen molar-refractivity contribution in [2.75, 3.05) is 27.4 Å². The lowest BCUT2D eigenvalue weighted by Gasteiger charge is -2.11. The lowest BCUT2D eigenvalue weighted by molar-refractivity contribution is 0.204. The minimum absolute atomic E-state index is 0.0847. The van der Waals surface area contributed by atoms with E-state index in [2.05, 4.69) is 14.9 Å². The van der Waals surface area contributed by atoms with E-state index >= 15 is 0 Å². The molecule has 0 saturated carbocycles. The van der Waals surface area contributed by atoms with Gasteiger partial charge in [-0.15, -0.1) is 0 Å². The molecule has 0 unspecified atom stereocenters. The molecule has 0 fully saturated rings. The zero-order chi connectivity index (χ0) is 18.7. The quantitative estimate of drug-likeness (QED) is 0.744. The van der Waals surface area contributed by atoms with Crippen LogP contribution in [0.1, 0.15) is 26.7 Å². The van der Waals surface area contributed by atoms with E-state index < -0.39 is 10.0 Å². The number of hydrogen-bond donors (Lipinski definition) is 1. The Hall–Kier alpha value is -1.97. The maximum absolute atomic E-state index is 12.4. The molecule has 1 heterocycles. The van der Waals surface area contributed by atoms with Gasteiger partial charge in [-0.05, 0) is 18.2 Å². The minimum Gasteiger partial charge on any atom is -0.496 e. The van der Waals surface area contributed by atoms with Crippen LogP contribution in [0.25, 0.3) is 11.4 Å². The molecule has 1 aromatic heterocycles. The number of methoxy groups -OCH3 is 2. The topological polar surface area (TPSA) is 104 Å². The molecule has 8 nitrogen and oxygen atoms in total. The Balaban J connectivity index is 2.42. The average Bonchev–Trinajstić information content (AvgIpc) is 3.04. The van der Waals surface area contributed by atoms with E-state index in [1.165, 1.54) is 26.4 Å². The van der Waals surface area contributed by atoms with Crippen molar-refractivity contribution < 1.29 is 22.4 Å². The van der Waals surface area contributed by atoms with Gasteiger partial charge in [0, 0.05) is 19.1 Å². The van der Waals surface area contributed by atoms with Crippen LogP contribution in [0, 0.1) is 0 Å². The van der Waals surface area contributed by atoms with Gasteiger partial charge in [-0.25, -0.2) is 13.1 Å². The highest BCUT2D eigenvalue weighted by molar-refractivity contribution is 7.89. The van der Waals surface area contributed by atoms with Crippen LogP contribution in [0.3, 0.4) is 0 Å². The largest absolute Gasteiger partial charge is 0.496 e. The Labute approximate surface area is 147 Å². The molecule has 0 aliphatic carbocycles. The molecule has 0 amide bonds. The Morgan fingerprint density at radius 2 is 1.96 bits per heavy atom. The first-order valence-electron chi connectivity index (χ1n) is 7.70. The fourth-order valence-electron chi connectivity index (χ4n) is 2.03. The summed E-state index contributed by atoms with van der Waals surface area (Å²) in [5.74, 6) is 1.18. The summed E-state index contributed by atoms with van der Waals surface area (Å²) in [5.41, 5.74) is 0.125. The van der Waals surface area contributed by atoms with E-state index in [-0.39, 0.29) is 29.3 Å². The van der Waals surface area contributed by atoms with Crippen LogP contribution in [0.15, 0.2) is 27.6 Å². The lowest BCUT2D eigenvalue weighted by Crippen LogP contribution is -2.27. The normalized spacial score (nSPS) is 12.4. The van der Waals surface area contributed by atoms with E-state index in [1.807, 2.05) is 20.8 Å². The number of aromatic nitrogens is 2. The molecule has 1 N–H and O–H groups in total. The zero-order valence-corrected chi connectivity index (χ0v) is 15.8. The molecule has 0 aliphatic heterocycles. The van der Waals surface area contributed by atoms with Crippen molar-refractivity contribution in [1.82, 2.24) is 14.9 Å². The molecule has 0 bridgehead atoms. The van der Waals surface area contributed by atoms with Crippen LogP contribution in [0.4, 0.5) is 0 Å². The van der Waals surface area contributed by atoms with E-state index in [9.17, 15) is 8.42 Å². The number of nitrogens with zero attached hydrogens (tertiary/aromatic N) is 2.